The first-order valence-electron chi connectivity index (χ1n) is 5.77. The molecule has 1 unspecified atom stereocenters. The zero-order valence-corrected chi connectivity index (χ0v) is 13.0. The number of aliphatic hydroxyl groups is 1. The Morgan fingerprint density at radius 2 is 1.79 bits per heavy atom. The molecule has 0 bridgehead atoms. The number of ether oxygens (including phenoxy) is 1. The summed E-state index contributed by atoms with van der Waals surface area (Å²) >= 11 is 9.40. The van der Waals surface area contributed by atoms with E-state index in [-0.39, 0.29) is 0 Å². The number of hydrogen-bond donors (Lipinski definition) is 1. The second-order valence-electron chi connectivity index (χ2n) is 4.42. The van der Waals surface area contributed by atoms with E-state index in [0.717, 1.165) is 10.0 Å². The smallest absolute Gasteiger partial charge is 0.125 e. The fourth-order valence-corrected chi connectivity index (χ4v) is 2.43. The lowest BCUT2D eigenvalue weighted by molar-refractivity contribution is 0.0989. The molecule has 0 radical (unpaired) electrons. The van der Waals surface area contributed by atoms with E-state index in [9.17, 15) is 5.11 Å². The highest BCUT2D eigenvalue weighted by atomic mass is 79.9. The Bertz CT molecular complexity index is 579. The molecule has 0 aromatic heterocycles. The van der Waals surface area contributed by atoms with Crippen molar-refractivity contribution in [3.8, 4) is 5.75 Å². The van der Waals surface area contributed by atoms with E-state index in [2.05, 4.69) is 15.9 Å². The number of methoxy groups -OCH3 is 1. The van der Waals surface area contributed by atoms with Crippen molar-refractivity contribution in [3.63, 3.8) is 0 Å². The van der Waals surface area contributed by atoms with Crippen LogP contribution in [0, 0.1) is 0 Å². The summed E-state index contributed by atoms with van der Waals surface area (Å²) in [4.78, 5) is 0. The minimum Gasteiger partial charge on any atom is -0.496 e. The lowest BCUT2D eigenvalue weighted by Gasteiger charge is -2.26. The Kier molecular flexibility index (Phi) is 4.19. The van der Waals surface area contributed by atoms with Gasteiger partial charge in [0.2, 0.25) is 0 Å². The fourth-order valence-electron chi connectivity index (χ4n) is 1.99. The molecular formula is C15H14BrClO2. The molecule has 2 aromatic carbocycles. The molecule has 0 saturated carbocycles. The highest BCUT2D eigenvalue weighted by Crippen LogP contribution is 2.37. The fraction of sp³-hybridized carbons (Fsp3) is 0.200. The summed E-state index contributed by atoms with van der Waals surface area (Å²) in [6, 6.07) is 12.7. The second kappa shape index (κ2) is 5.53. The number of rotatable bonds is 3. The lowest BCUT2D eigenvalue weighted by Crippen LogP contribution is -2.23. The van der Waals surface area contributed by atoms with Gasteiger partial charge in [-0.3, -0.25) is 0 Å². The van der Waals surface area contributed by atoms with Crippen molar-refractivity contribution in [2.75, 3.05) is 7.11 Å². The van der Waals surface area contributed by atoms with E-state index >= 15 is 0 Å². The van der Waals surface area contributed by atoms with E-state index in [1.165, 1.54) is 0 Å². The van der Waals surface area contributed by atoms with Crippen molar-refractivity contribution < 1.29 is 9.84 Å². The average Bonchev–Trinajstić information content (AvgIpc) is 2.39. The van der Waals surface area contributed by atoms with Gasteiger partial charge in [-0.15, -0.1) is 0 Å². The van der Waals surface area contributed by atoms with Crippen LogP contribution in [-0.2, 0) is 5.60 Å². The monoisotopic (exact) mass is 340 g/mol. The van der Waals surface area contributed by atoms with Crippen molar-refractivity contribution >= 4 is 27.5 Å². The van der Waals surface area contributed by atoms with E-state index in [4.69, 9.17) is 16.3 Å². The molecule has 0 spiro atoms. The van der Waals surface area contributed by atoms with Crippen molar-refractivity contribution in [3.05, 3.63) is 63.1 Å². The van der Waals surface area contributed by atoms with Gasteiger partial charge in [-0.1, -0.05) is 39.7 Å². The van der Waals surface area contributed by atoms with E-state index < -0.39 is 5.60 Å². The van der Waals surface area contributed by atoms with Crippen LogP contribution in [0.1, 0.15) is 18.1 Å². The summed E-state index contributed by atoms with van der Waals surface area (Å²) < 4.78 is 6.27. The predicted molar refractivity (Wildman–Crippen MR) is 80.8 cm³/mol. The SMILES string of the molecule is COc1ccc(Cl)cc1C(C)(O)c1ccc(Br)cc1. The maximum atomic E-state index is 10.8. The third-order valence-electron chi connectivity index (χ3n) is 3.09. The van der Waals surface area contributed by atoms with Crippen molar-refractivity contribution in [2.24, 2.45) is 0 Å². The molecule has 2 rings (SSSR count). The summed E-state index contributed by atoms with van der Waals surface area (Å²) in [6.45, 7) is 1.73. The predicted octanol–water partition coefficient (Wildman–Crippen LogP) is 4.37. The maximum absolute atomic E-state index is 10.8. The van der Waals surface area contributed by atoms with Gasteiger partial charge in [-0.2, -0.15) is 0 Å². The summed E-state index contributed by atoms with van der Waals surface area (Å²) in [5.41, 5.74) is 0.248. The summed E-state index contributed by atoms with van der Waals surface area (Å²) in [6.07, 6.45) is 0. The second-order valence-corrected chi connectivity index (χ2v) is 5.78. The van der Waals surface area contributed by atoms with Crippen LogP contribution < -0.4 is 4.74 Å². The molecule has 0 aliphatic heterocycles. The van der Waals surface area contributed by atoms with E-state index in [0.29, 0.717) is 16.3 Å². The van der Waals surface area contributed by atoms with Crippen molar-refractivity contribution in [1.82, 2.24) is 0 Å². The van der Waals surface area contributed by atoms with Gasteiger partial charge in [0, 0.05) is 15.1 Å². The first-order chi connectivity index (χ1) is 8.95. The van der Waals surface area contributed by atoms with Crippen LogP contribution in [-0.4, -0.2) is 12.2 Å². The summed E-state index contributed by atoms with van der Waals surface area (Å²) in [5.74, 6) is 0.609. The number of halogens is 2. The van der Waals surface area contributed by atoms with Crippen LogP contribution in [0.2, 0.25) is 5.02 Å². The van der Waals surface area contributed by atoms with Gasteiger partial charge < -0.3 is 9.84 Å². The van der Waals surface area contributed by atoms with Gasteiger partial charge in [-0.05, 0) is 42.8 Å². The highest BCUT2D eigenvalue weighted by molar-refractivity contribution is 9.10. The molecule has 0 saturated heterocycles. The molecule has 1 atom stereocenters. The Morgan fingerprint density at radius 1 is 1.16 bits per heavy atom. The Labute approximate surface area is 126 Å². The Hall–Kier alpha value is -1.03. The Balaban J connectivity index is 2.55. The molecule has 0 amide bonds. The average molecular weight is 342 g/mol. The van der Waals surface area contributed by atoms with E-state index in [1.54, 1.807) is 32.2 Å². The zero-order valence-electron chi connectivity index (χ0n) is 10.7. The third kappa shape index (κ3) is 2.94. The van der Waals surface area contributed by atoms with Gasteiger partial charge in [0.1, 0.15) is 11.4 Å². The van der Waals surface area contributed by atoms with Gasteiger partial charge in [0.05, 0.1) is 7.11 Å². The molecule has 0 aliphatic rings. The van der Waals surface area contributed by atoms with Gasteiger partial charge in [0.15, 0.2) is 0 Å². The topological polar surface area (TPSA) is 29.5 Å². The molecule has 100 valence electrons. The molecular weight excluding hydrogens is 328 g/mol. The first kappa shape index (κ1) is 14.4. The third-order valence-corrected chi connectivity index (χ3v) is 3.86. The lowest BCUT2D eigenvalue weighted by atomic mass is 9.87. The van der Waals surface area contributed by atoms with E-state index in [1.807, 2.05) is 24.3 Å². The Morgan fingerprint density at radius 3 is 2.37 bits per heavy atom. The number of hydrogen-bond acceptors (Lipinski definition) is 2. The molecule has 0 heterocycles. The summed E-state index contributed by atoms with van der Waals surface area (Å²) in [5, 5.41) is 11.4. The molecule has 0 fully saturated rings. The number of benzene rings is 2. The molecule has 1 N–H and O–H groups in total. The quantitative estimate of drug-likeness (QED) is 0.898. The first-order valence-corrected chi connectivity index (χ1v) is 6.94. The van der Waals surface area contributed by atoms with Gasteiger partial charge in [0.25, 0.3) is 0 Å². The standard InChI is InChI=1S/C15H14BrClO2/c1-15(18,10-3-5-11(16)6-4-10)13-9-12(17)7-8-14(13)19-2/h3-9,18H,1-2H3. The van der Waals surface area contributed by atoms with Crippen LogP contribution in [0.4, 0.5) is 0 Å². The minimum absolute atomic E-state index is 0.563. The van der Waals surface area contributed by atoms with Gasteiger partial charge in [-0.25, -0.2) is 0 Å². The van der Waals surface area contributed by atoms with Crippen LogP contribution in [0.15, 0.2) is 46.9 Å². The van der Waals surface area contributed by atoms with Crippen LogP contribution in [0.25, 0.3) is 0 Å². The zero-order chi connectivity index (χ0) is 14.0. The van der Waals surface area contributed by atoms with Crippen LogP contribution >= 0.6 is 27.5 Å². The molecule has 19 heavy (non-hydrogen) atoms. The van der Waals surface area contributed by atoms with Gasteiger partial charge >= 0.3 is 0 Å². The molecule has 2 aromatic rings. The van der Waals surface area contributed by atoms with Crippen LogP contribution in [0.5, 0.6) is 5.75 Å². The molecule has 0 aliphatic carbocycles. The van der Waals surface area contributed by atoms with Crippen molar-refractivity contribution in [1.29, 1.82) is 0 Å². The normalized spacial score (nSPS) is 13.9. The minimum atomic E-state index is -1.17. The van der Waals surface area contributed by atoms with Crippen LogP contribution in [0.3, 0.4) is 0 Å². The van der Waals surface area contributed by atoms with Crippen molar-refractivity contribution in [2.45, 2.75) is 12.5 Å². The largest absolute Gasteiger partial charge is 0.496 e. The highest BCUT2D eigenvalue weighted by Gasteiger charge is 2.29. The molecule has 4 heteroatoms. The maximum Gasteiger partial charge on any atom is 0.125 e. The summed E-state index contributed by atoms with van der Waals surface area (Å²) in [7, 11) is 1.57. The molecule has 2 nitrogen and oxygen atoms in total.